The predicted molar refractivity (Wildman–Crippen MR) is 76.3 cm³/mol. The van der Waals surface area contributed by atoms with Gasteiger partial charge in [0, 0.05) is 25.8 Å². The van der Waals surface area contributed by atoms with E-state index < -0.39 is 0 Å². The SMILES string of the molecule is CCCCC(CC)CNCc1cn(CCN)cn1. The van der Waals surface area contributed by atoms with Gasteiger partial charge in [-0.1, -0.05) is 33.1 Å². The summed E-state index contributed by atoms with van der Waals surface area (Å²) in [6.45, 7) is 8.00. The fraction of sp³-hybridized carbons (Fsp3) is 0.786. The highest BCUT2D eigenvalue weighted by Gasteiger charge is 2.05. The largest absolute Gasteiger partial charge is 0.336 e. The lowest BCUT2D eigenvalue weighted by Gasteiger charge is -2.14. The van der Waals surface area contributed by atoms with Crippen molar-refractivity contribution in [2.24, 2.45) is 11.7 Å². The molecule has 0 fully saturated rings. The van der Waals surface area contributed by atoms with E-state index in [9.17, 15) is 0 Å². The summed E-state index contributed by atoms with van der Waals surface area (Å²) in [6, 6.07) is 0. The summed E-state index contributed by atoms with van der Waals surface area (Å²) in [5, 5.41) is 3.51. The zero-order valence-electron chi connectivity index (χ0n) is 11.9. The molecule has 1 heterocycles. The van der Waals surface area contributed by atoms with Gasteiger partial charge in [-0.25, -0.2) is 4.98 Å². The monoisotopic (exact) mass is 252 g/mol. The maximum Gasteiger partial charge on any atom is 0.0950 e. The summed E-state index contributed by atoms with van der Waals surface area (Å²) < 4.78 is 2.05. The molecule has 0 aliphatic rings. The van der Waals surface area contributed by atoms with Gasteiger partial charge in [0.2, 0.25) is 0 Å². The van der Waals surface area contributed by atoms with Gasteiger partial charge in [-0.05, 0) is 18.9 Å². The number of hydrogen-bond acceptors (Lipinski definition) is 3. The third-order valence-electron chi connectivity index (χ3n) is 3.36. The first-order valence-corrected chi connectivity index (χ1v) is 7.21. The van der Waals surface area contributed by atoms with Crippen LogP contribution in [0.4, 0.5) is 0 Å². The molecule has 0 saturated heterocycles. The molecule has 0 bridgehead atoms. The van der Waals surface area contributed by atoms with Gasteiger partial charge in [0.25, 0.3) is 0 Å². The highest BCUT2D eigenvalue weighted by Crippen LogP contribution is 2.11. The van der Waals surface area contributed by atoms with Crippen molar-refractivity contribution in [1.29, 1.82) is 0 Å². The minimum atomic E-state index is 0.665. The number of unbranched alkanes of at least 4 members (excludes halogenated alkanes) is 1. The Balaban J connectivity index is 2.22. The summed E-state index contributed by atoms with van der Waals surface area (Å²) in [5.41, 5.74) is 6.62. The van der Waals surface area contributed by atoms with Gasteiger partial charge >= 0.3 is 0 Å². The first kappa shape index (κ1) is 15.2. The highest BCUT2D eigenvalue weighted by molar-refractivity contribution is 4.96. The smallest absolute Gasteiger partial charge is 0.0950 e. The molecular formula is C14H28N4. The van der Waals surface area contributed by atoms with Gasteiger partial charge in [0.15, 0.2) is 0 Å². The van der Waals surface area contributed by atoms with Crippen LogP contribution < -0.4 is 11.1 Å². The molecule has 0 aliphatic carbocycles. The molecule has 4 nitrogen and oxygen atoms in total. The Bertz CT molecular complexity index is 308. The first-order valence-electron chi connectivity index (χ1n) is 7.21. The van der Waals surface area contributed by atoms with Crippen LogP contribution in [0, 0.1) is 5.92 Å². The minimum Gasteiger partial charge on any atom is -0.336 e. The fourth-order valence-corrected chi connectivity index (χ4v) is 2.12. The topological polar surface area (TPSA) is 55.9 Å². The van der Waals surface area contributed by atoms with Crippen molar-refractivity contribution < 1.29 is 0 Å². The molecule has 0 radical (unpaired) electrons. The molecule has 1 rings (SSSR count). The molecule has 18 heavy (non-hydrogen) atoms. The Morgan fingerprint density at radius 3 is 2.94 bits per heavy atom. The Labute approximate surface area is 111 Å². The van der Waals surface area contributed by atoms with E-state index in [4.69, 9.17) is 5.73 Å². The third-order valence-corrected chi connectivity index (χ3v) is 3.36. The van der Waals surface area contributed by atoms with Crippen LogP contribution in [0.3, 0.4) is 0 Å². The molecule has 1 unspecified atom stereocenters. The molecule has 1 atom stereocenters. The maximum atomic E-state index is 5.51. The molecular weight excluding hydrogens is 224 g/mol. The summed E-state index contributed by atoms with van der Waals surface area (Å²) in [5.74, 6) is 0.802. The quantitative estimate of drug-likeness (QED) is 0.671. The number of hydrogen-bond donors (Lipinski definition) is 2. The summed E-state index contributed by atoms with van der Waals surface area (Å²) >= 11 is 0. The summed E-state index contributed by atoms with van der Waals surface area (Å²) in [6.07, 6.45) is 9.16. The van der Waals surface area contributed by atoms with Crippen LogP contribution >= 0.6 is 0 Å². The second kappa shape index (κ2) is 9.11. The van der Waals surface area contributed by atoms with Crippen molar-refractivity contribution in [1.82, 2.24) is 14.9 Å². The summed E-state index contributed by atoms with van der Waals surface area (Å²) in [4.78, 5) is 4.36. The van der Waals surface area contributed by atoms with Crippen molar-refractivity contribution in [2.45, 2.75) is 52.6 Å². The van der Waals surface area contributed by atoms with Crippen LogP contribution in [0.1, 0.15) is 45.2 Å². The van der Waals surface area contributed by atoms with Crippen LogP contribution in [0.2, 0.25) is 0 Å². The lowest BCUT2D eigenvalue weighted by atomic mass is 9.99. The molecule has 0 aliphatic heterocycles. The predicted octanol–water partition coefficient (Wildman–Crippen LogP) is 2.15. The molecule has 4 heteroatoms. The van der Waals surface area contributed by atoms with E-state index >= 15 is 0 Å². The highest BCUT2D eigenvalue weighted by atomic mass is 15.0. The van der Waals surface area contributed by atoms with Gasteiger partial charge < -0.3 is 15.6 Å². The molecule has 0 spiro atoms. The normalized spacial score (nSPS) is 12.8. The van der Waals surface area contributed by atoms with Crippen molar-refractivity contribution >= 4 is 0 Å². The molecule has 0 saturated carbocycles. The Hall–Kier alpha value is -0.870. The third kappa shape index (κ3) is 5.65. The molecule has 1 aromatic heterocycles. The van der Waals surface area contributed by atoms with Gasteiger partial charge in [0.1, 0.15) is 0 Å². The number of nitrogens with two attached hydrogens (primary N) is 1. The van der Waals surface area contributed by atoms with Crippen LogP contribution in [0.25, 0.3) is 0 Å². The van der Waals surface area contributed by atoms with Gasteiger partial charge in [-0.15, -0.1) is 0 Å². The van der Waals surface area contributed by atoms with E-state index in [1.165, 1.54) is 25.7 Å². The van der Waals surface area contributed by atoms with Crippen LogP contribution in [0.5, 0.6) is 0 Å². The van der Waals surface area contributed by atoms with Crippen LogP contribution in [-0.2, 0) is 13.1 Å². The molecule has 0 amide bonds. The van der Waals surface area contributed by atoms with Crippen LogP contribution in [0.15, 0.2) is 12.5 Å². The number of nitrogens with one attached hydrogen (secondary N) is 1. The minimum absolute atomic E-state index is 0.665. The van der Waals surface area contributed by atoms with E-state index in [2.05, 4.69) is 30.3 Å². The number of imidazole rings is 1. The van der Waals surface area contributed by atoms with Crippen molar-refractivity contribution in [2.75, 3.05) is 13.1 Å². The average molecular weight is 252 g/mol. The second-order valence-electron chi connectivity index (χ2n) is 4.94. The molecule has 1 aromatic rings. The number of aromatic nitrogens is 2. The average Bonchev–Trinajstić information content (AvgIpc) is 2.82. The first-order chi connectivity index (χ1) is 8.80. The fourth-order valence-electron chi connectivity index (χ4n) is 2.12. The van der Waals surface area contributed by atoms with E-state index in [-0.39, 0.29) is 0 Å². The van der Waals surface area contributed by atoms with Crippen molar-refractivity contribution in [3.8, 4) is 0 Å². The van der Waals surface area contributed by atoms with Crippen LogP contribution in [-0.4, -0.2) is 22.6 Å². The molecule has 104 valence electrons. The number of nitrogens with zero attached hydrogens (tertiary/aromatic N) is 2. The molecule has 0 aromatic carbocycles. The standard InChI is InChI=1S/C14H28N4/c1-3-5-6-13(4-2)9-16-10-14-11-18(8-7-15)12-17-14/h11-13,16H,3-10,15H2,1-2H3. The van der Waals surface area contributed by atoms with Gasteiger partial charge in [-0.3, -0.25) is 0 Å². The lowest BCUT2D eigenvalue weighted by molar-refractivity contribution is 0.418. The van der Waals surface area contributed by atoms with Gasteiger partial charge in [-0.2, -0.15) is 0 Å². The zero-order chi connectivity index (χ0) is 13.2. The van der Waals surface area contributed by atoms with E-state index in [0.29, 0.717) is 6.54 Å². The summed E-state index contributed by atoms with van der Waals surface area (Å²) in [7, 11) is 0. The Morgan fingerprint density at radius 1 is 1.44 bits per heavy atom. The Morgan fingerprint density at radius 2 is 2.28 bits per heavy atom. The van der Waals surface area contributed by atoms with Gasteiger partial charge in [0.05, 0.1) is 12.0 Å². The lowest BCUT2D eigenvalue weighted by Crippen LogP contribution is -2.22. The van der Waals surface area contributed by atoms with E-state index in [1.54, 1.807) is 0 Å². The molecule has 3 N–H and O–H groups in total. The second-order valence-corrected chi connectivity index (χ2v) is 4.94. The zero-order valence-corrected chi connectivity index (χ0v) is 11.9. The van der Waals surface area contributed by atoms with E-state index in [1.807, 2.05) is 10.9 Å². The Kier molecular flexibility index (Phi) is 7.69. The number of rotatable bonds is 10. The van der Waals surface area contributed by atoms with Crippen molar-refractivity contribution in [3.63, 3.8) is 0 Å². The van der Waals surface area contributed by atoms with Crippen molar-refractivity contribution in [3.05, 3.63) is 18.2 Å². The van der Waals surface area contributed by atoms with E-state index in [0.717, 1.165) is 31.2 Å². The maximum absolute atomic E-state index is 5.51.